The Morgan fingerprint density at radius 2 is 1.56 bits per heavy atom. The Balaban J connectivity index is 1.43. The molecule has 2 atom stereocenters. The van der Waals surface area contributed by atoms with Crippen molar-refractivity contribution in [1.29, 1.82) is 0 Å². The molecular weight excluding hydrogens is 654 g/mol. The third-order valence-corrected chi connectivity index (χ3v) is 10.2. The molecule has 4 aromatic rings. The fourth-order valence-corrected chi connectivity index (χ4v) is 7.82. The second-order valence-corrected chi connectivity index (χ2v) is 13.2. The largest absolute Gasteiger partial charge is 0.477 e. The number of rotatable bonds is 9. The molecular formula is C31H24ClN5O5S3. The first-order valence-electron chi connectivity index (χ1n) is 13.5. The number of benzene rings is 3. The first-order chi connectivity index (χ1) is 21.7. The van der Waals surface area contributed by atoms with Crippen LogP contribution in [0.1, 0.15) is 22.4 Å². The van der Waals surface area contributed by atoms with Crippen LogP contribution in [0, 0.1) is 0 Å². The standard InChI is InChI=1S/C31H24ClN5O5S3/c32-25-21(35-30(33)45-25)22(26(38)34-23-27(39)37-24(29(40)41)20(43)16-44-28(23)37)36-42-31(17-10-4-1-5-11-17,18-12-6-2-7-13-18)19-14-8-3-9-15-19/h1-15,23,28,43H,16H2,(H2,33,35)(H,34,38)(H,40,41)/b36-22-/t23-,28+/m1/s1. The minimum atomic E-state index is -1.32. The van der Waals surface area contributed by atoms with Crippen molar-refractivity contribution < 1.29 is 24.3 Å². The number of carbonyl (C=O) groups excluding carboxylic acids is 2. The highest BCUT2D eigenvalue weighted by molar-refractivity contribution is 8.01. The van der Waals surface area contributed by atoms with Crippen molar-refractivity contribution >= 4 is 76.0 Å². The molecule has 14 heteroatoms. The summed E-state index contributed by atoms with van der Waals surface area (Å²) in [6.07, 6.45) is 0. The average molecular weight is 678 g/mol. The first-order valence-corrected chi connectivity index (χ1v) is 16.2. The van der Waals surface area contributed by atoms with Gasteiger partial charge in [-0.3, -0.25) is 14.5 Å². The number of hydrogen-bond donors (Lipinski definition) is 4. The molecule has 4 N–H and O–H groups in total. The normalized spacial score (nSPS) is 18.2. The van der Waals surface area contributed by atoms with E-state index in [9.17, 15) is 19.5 Å². The Labute approximate surface area is 276 Å². The van der Waals surface area contributed by atoms with E-state index >= 15 is 0 Å². The first kappa shape index (κ1) is 30.7. The summed E-state index contributed by atoms with van der Waals surface area (Å²) < 4.78 is 0.0964. The molecule has 0 spiro atoms. The fraction of sp³-hybridized carbons (Fsp3) is 0.129. The van der Waals surface area contributed by atoms with Crippen LogP contribution in [0.2, 0.25) is 4.34 Å². The van der Waals surface area contributed by atoms with Crippen LogP contribution in [0.15, 0.2) is 107 Å². The van der Waals surface area contributed by atoms with Crippen molar-refractivity contribution in [3.05, 3.63) is 128 Å². The summed E-state index contributed by atoms with van der Waals surface area (Å²) >= 11 is 13.0. The van der Waals surface area contributed by atoms with E-state index < -0.39 is 34.8 Å². The summed E-state index contributed by atoms with van der Waals surface area (Å²) in [7, 11) is 0. The molecule has 1 saturated heterocycles. The van der Waals surface area contributed by atoms with Gasteiger partial charge in [0.2, 0.25) is 5.60 Å². The van der Waals surface area contributed by atoms with Gasteiger partial charge in [-0.15, -0.1) is 24.4 Å². The second-order valence-electron chi connectivity index (χ2n) is 9.95. The number of carboxylic acids is 1. The quantitative estimate of drug-likeness (QED) is 0.0655. The Hall–Kier alpha value is -4.30. The van der Waals surface area contributed by atoms with Crippen molar-refractivity contribution in [2.45, 2.75) is 17.0 Å². The van der Waals surface area contributed by atoms with Crippen LogP contribution in [0.5, 0.6) is 0 Å². The average Bonchev–Trinajstić information content (AvgIpc) is 3.39. The van der Waals surface area contributed by atoms with Gasteiger partial charge in [0.05, 0.1) is 0 Å². The Kier molecular flexibility index (Phi) is 8.60. The summed E-state index contributed by atoms with van der Waals surface area (Å²) in [6.45, 7) is 0. The summed E-state index contributed by atoms with van der Waals surface area (Å²) in [5.74, 6) is -2.41. The number of nitrogens with zero attached hydrogens (tertiary/aromatic N) is 3. The lowest BCUT2D eigenvalue weighted by molar-refractivity contribution is -0.150. The number of aromatic nitrogens is 1. The zero-order chi connectivity index (χ0) is 31.7. The number of aliphatic carboxylic acids is 1. The van der Waals surface area contributed by atoms with Crippen molar-refractivity contribution in [1.82, 2.24) is 15.2 Å². The summed E-state index contributed by atoms with van der Waals surface area (Å²) in [6, 6.07) is 27.2. The third-order valence-electron chi connectivity index (χ3n) is 7.29. The van der Waals surface area contributed by atoms with Crippen molar-refractivity contribution in [2.75, 3.05) is 11.5 Å². The van der Waals surface area contributed by atoms with Gasteiger partial charge in [-0.25, -0.2) is 9.78 Å². The number of amides is 2. The number of thiol groups is 1. The molecule has 6 rings (SSSR count). The molecule has 228 valence electrons. The minimum absolute atomic E-state index is 0.0246. The maximum absolute atomic E-state index is 14.0. The Bertz CT molecular complexity index is 1740. The lowest BCUT2D eigenvalue weighted by Gasteiger charge is -2.48. The van der Waals surface area contributed by atoms with E-state index in [4.69, 9.17) is 22.2 Å². The number of oxime groups is 1. The van der Waals surface area contributed by atoms with Gasteiger partial charge in [0, 0.05) is 27.3 Å². The number of nitrogens with two attached hydrogens (primary N) is 1. The maximum Gasteiger partial charge on any atom is 0.353 e. The SMILES string of the molecule is Nc1nc(/C(=N/OC(c2ccccc2)(c2ccccc2)c2ccccc2)C(=O)N[C@@H]2C(=O)N3C(C(=O)O)=C(S)CS[C@@H]23)c(Cl)s1. The molecule has 2 aliphatic heterocycles. The predicted molar refractivity (Wildman–Crippen MR) is 177 cm³/mol. The highest BCUT2D eigenvalue weighted by atomic mass is 35.5. The number of thioether (sulfide) groups is 1. The molecule has 2 aliphatic rings. The summed E-state index contributed by atoms with van der Waals surface area (Å²) in [4.78, 5) is 51.1. The van der Waals surface area contributed by atoms with Gasteiger partial charge < -0.3 is 21.0 Å². The number of fused-ring (bicyclic) bond motifs is 1. The van der Waals surface area contributed by atoms with Crippen molar-refractivity contribution in [2.24, 2.45) is 5.16 Å². The van der Waals surface area contributed by atoms with E-state index in [1.54, 1.807) is 0 Å². The second kappa shape index (κ2) is 12.6. The molecule has 1 fully saturated rings. The number of hydrogen-bond acceptors (Lipinski definition) is 10. The number of carbonyl (C=O) groups is 3. The Morgan fingerprint density at radius 1 is 1.02 bits per heavy atom. The van der Waals surface area contributed by atoms with Crippen LogP contribution in [0.25, 0.3) is 0 Å². The van der Waals surface area contributed by atoms with Gasteiger partial charge in [0.1, 0.15) is 27.1 Å². The number of β-lactam (4-membered cyclic amide) rings is 1. The molecule has 10 nitrogen and oxygen atoms in total. The molecule has 45 heavy (non-hydrogen) atoms. The van der Waals surface area contributed by atoms with Gasteiger partial charge >= 0.3 is 5.97 Å². The highest BCUT2D eigenvalue weighted by Crippen LogP contribution is 2.42. The number of thiazole rings is 1. The fourth-order valence-electron chi connectivity index (χ4n) is 5.26. The monoisotopic (exact) mass is 677 g/mol. The number of nitrogens with one attached hydrogen (secondary N) is 1. The predicted octanol–water partition coefficient (Wildman–Crippen LogP) is 4.72. The topological polar surface area (TPSA) is 147 Å². The number of halogens is 1. The molecule has 3 heterocycles. The molecule has 0 unspecified atom stereocenters. The minimum Gasteiger partial charge on any atom is -0.477 e. The molecule has 2 amide bonds. The highest BCUT2D eigenvalue weighted by Gasteiger charge is 2.54. The molecule has 0 bridgehead atoms. The van der Waals surface area contributed by atoms with Gasteiger partial charge in [0.15, 0.2) is 10.8 Å². The lowest BCUT2D eigenvalue weighted by Crippen LogP contribution is -2.71. The van der Waals surface area contributed by atoms with Gasteiger partial charge in [-0.05, 0) is 0 Å². The molecule has 0 radical (unpaired) electrons. The van der Waals surface area contributed by atoms with E-state index in [-0.39, 0.29) is 37.2 Å². The van der Waals surface area contributed by atoms with Crippen LogP contribution < -0.4 is 11.1 Å². The van der Waals surface area contributed by atoms with Crippen molar-refractivity contribution in [3.63, 3.8) is 0 Å². The molecule has 3 aromatic carbocycles. The van der Waals surface area contributed by atoms with Gasteiger partial charge in [-0.2, -0.15) is 0 Å². The number of nitrogen functional groups attached to an aromatic ring is 1. The van der Waals surface area contributed by atoms with Gasteiger partial charge in [0.25, 0.3) is 11.8 Å². The summed E-state index contributed by atoms with van der Waals surface area (Å²) in [5.41, 5.74) is 6.27. The molecule has 0 aliphatic carbocycles. The van der Waals surface area contributed by atoms with E-state index in [1.807, 2.05) is 91.0 Å². The number of carboxylic acid groups (broad SMARTS) is 1. The van der Waals surface area contributed by atoms with Crippen LogP contribution in [-0.4, -0.2) is 55.7 Å². The number of anilines is 1. The van der Waals surface area contributed by atoms with E-state index in [0.717, 1.165) is 32.9 Å². The van der Waals surface area contributed by atoms with Crippen LogP contribution in [-0.2, 0) is 24.8 Å². The van der Waals surface area contributed by atoms with Crippen LogP contribution >= 0.6 is 47.3 Å². The lowest BCUT2D eigenvalue weighted by atomic mass is 9.80. The summed E-state index contributed by atoms with van der Waals surface area (Å²) in [5, 5.41) is 16.2. The Morgan fingerprint density at radius 3 is 2.02 bits per heavy atom. The van der Waals surface area contributed by atoms with E-state index in [0.29, 0.717) is 0 Å². The zero-order valence-electron chi connectivity index (χ0n) is 23.2. The smallest absolute Gasteiger partial charge is 0.353 e. The third kappa shape index (κ3) is 5.56. The van der Waals surface area contributed by atoms with E-state index in [1.165, 1.54) is 11.8 Å². The molecule has 0 saturated carbocycles. The molecule has 1 aromatic heterocycles. The van der Waals surface area contributed by atoms with Crippen molar-refractivity contribution in [3.8, 4) is 0 Å². The maximum atomic E-state index is 14.0. The van der Waals surface area contributed by atoms with Gasteiger partial charge in [-0.1, -0.05) is 119 Å². The van der Waals surface area contributed by atoms with E-state index in [2.05, 4.69) is 28.1 Å². The zero-order valence-corrected chi connectivity index (χ0v) is 26.4. The van der Waals surface area contributed by atoms with Crippen LogP contribution in [0.3, 0.4) is 0 Å². The van der Waals surface area contributed by atoms with Crippen LogP contribution in [0.4, 0.5) is 5.13 Å².